The van der Waals surface area contributed by atoms with E-state index in [9.17, 15) is 19.7 Å². The van der Waals surface area contributed by atoms with Crippen LogP contribution in [0.4, 0.5) is 11.4 Å². The Labute approximate surface area is 170 Å². The highest BCUT2D eigenvalue weighted by Gasteiger charge is 2.13. The number of non-ortho nitro benzene ring substituents is 1. The second kappa shape index (κ2) is 9.20. The Morgan fingerprint density at radius 3 is 2.67 bits per heavy atom. The number of hydrogen-bond donors (Lipinski definition) is 1. The number of carbonyl (C=O) groups is 1. The van der Waals surface area contributed by atoms with Crippen molar-refractivity contribution in [2.75, 3.05) is 5.32 Å². The Hall–Kier alpha value is -4.39. The number of aryl methyl sites for hydroxylation is 1. The molecule has 0 radical (unpaired) electrons. The van der Waals surface area contributed by atoms with E-state index in [0.717, 1.165) is 11.6 Å². The molecular formula is C20H16N6O4. The molecule has 3 rings (SSSR count). The molecule has 0 spiro atoms. The second-order valence-electron chi connectivity index (χ2n) is 6.27. The number of nitriles is 1. The fourth-order valence-corrected chi connectivity index (χ4v) is 2.74. The van der Waals surface area contributed by atoms with Gasteiger partial charge in [-0.2, -0.15) is 10.4 Å². The summed E-state index contributed by atoms with van der Waals surface area (Å²) < 4.78 is 1.29. The lowest BCUT2D eigenvalue weighted by Crippen LogP contribution is -2.23. The van der Waals surface area contributed by atoms with E-state index in [1.54, 1.807) is 30.6 Å². The van der Waals surface area contributed by atoms with Gasteiger partial charge >= 0.3 is 0 Å². The zero-order valence-electron chi connectivity index (χ0n) is 15.7. The molecule has 0 aliphatic rings. The first kappa shape index (κ1) is 20.3. The number of amides is 1. The summed E-state index contributed by atoms with van der Waals surface area (Å²) in [6, 6.07) is 12.1. The van der Waals surface area contributed by atoms with E-state index in [2.05, 4.69) is 15.4 Å². The largest absolute Gasteiger partial charge is 0.325 e. The minimum absolute atomic E-state index is 0.000452. The van der Waals surface area contributed by atoms with Gasteiger partial charge in [0.15, 0.2) is 0 Å². The molecule has 0 saturated heterocycles. The van der Waals surface area contributed by atoms with Crippen molar-refractivity contribution in [2.45, 2.75) is 19.4 Å². The molecular weight excluding hydrogens is 388 g/mol. The van der Waals surface area contributed by atoms with E-state index in [4.69, 9.17) is 5.26 Å². The van der Waals surface area contributed by atoms with Gasteiger partial charge in [0.25, 0.3) is 11.2 Å². The van der Waals surface area contributed by atoms with Crippen LogP contribution in [0.5, 0.6) is 0 Å². The summed E-state index contributed by atoms with van der Waals surface area (Å²) in [6.45, 7) is 0.233. The lowest BCUT2D eigenvalue weighted by molar-refractivity contribution is -0.384. The van der Waals surface area contributed by atoms with Crippen LogP contribution < -0.4 is 10.9 Å². The predicted octanol–water partition coefficient (Wildman–Crippen LogP) is 2.50. The van der Waals surface area contributed by atoms with E-state index in [0.29, 0.717) is 12.1 Å². The average Bonchev–Trinajstić information content (AvgIpc) is 2.75. The maximum Gasteiger partial charge on any atom is 0.270 e. The summed E-state index contributed by atoms with van der Waals surface area (Å²) >= 11 is 0. The molecule has 0 saturated carbocycles. The Morgan fingerprint density at radius 1 is 1.20 bits per heavy atom. The van der Waals surface area contributed by atoms with Crippen molar-refractivity contribution in [3.05, 3.63) is 80.9 Å². The Bertz CT molecular complexity index is 1180. The quantitative estimate of drug-likeness (QED) is 0.470. The van der Waals surface area contributed by atoms with Crippen LogP contribution in [-0.4, -0.2) is 25.6 Å². The fraction of sp³-hybridized carbons (Fsp3) is 0.150. The number of nitrogens with zero attached hydrogens (tertiary/aromatic N) is 5. The van der Waals surface area contributed by atoms with Crippen molar-refractivity contribution < 1.29 is 9.72 Å². The average molecular weight is 404 g/mol. The molecule has 1 amide bonds. The molecule has 0 atom stereocenters. The third kappa shape index (κ3) is 4.90. The van der Waals surface area contributed by atoms with E-state index < -0.39 is 4.92 Å². The van der Waals surface area contributed by atoms with Crippen molar-refractivity contribution in [3.8, 4) is 17.3 Å². The minimum atomic E-state index is -0.614. The SMILES string of the molecule is N#Cc1cc([N+](=O)[O-])ccc1NC(=O)CCCn1nc(-c2ccncc2)ccc1=O. The molecule has 150 valence electrons. The van der Waals surface area contributed by atoms with E-state index in [1.165, 1.54) is 22.9 Å². The van der Waals surface area contributed by atoms with Crippen LogP contribution in [0.25, 0.3) is 11.3 Å². The number of nitrogens with one attached hydrogen (secondary N) is 1. The lowest BCUT2D eigenvalue weighted by Gasteiger charge is -2.09. The molecule has 3 aromatic rings. The number of nitro benzene ring substituents is 1. The standard InChI is InChI=1S/C20H16N6O4/c21-13-15-12-16(26(29)30)3-4-17(15)23-19(27)2-1-11-25-20(28)6-5-18(24-25)14-7-9-22-10-8-14/h3-10,12H,1-2,11H2,(H,23,27). The molecule has 2 aromatic heterocycles. The van der Waals surface area contributed by atoms with Crippen LogP contribution in [0.15, 0.2) is 59.7 Å². The van der Waals surface area contributed by atoms with Crippen LogP contribution in [0, 0.1) is 21.4 Å². The number of nitro groups is 1. The smallest absolute Gasteiger partial charge is 0.270 e. The highest BCUT2D eigenvalue weighted by atomic mass is 16.6. The summed E-state index contributed by atoms with van der Waals surface area (Å²) in [7, 11) is 0. The summed E-state index contributed by atoms with van der Waals surface area (Å²) in [5.74, 6) is -0.376. The zero-order valence-corrected chi connectivity index (χ0v) is 15.7. The van der Waals surface area contributed by atoms with Crippen molar-refractivity contribution in [2.24, 2.45) is 0 Å². The Balaban J connectivity index is 1.62. The predicted molar refractivity (Wildman–Crippen MR) is 107 cm³/mol. The number of hydrogen-bond acceptors (Lipinski definition) is 7. The van der Waals surface area contributed by atoms with Crippen LogP contribution >= 0.6 is 0 Å². The van der Waals surface area contributed by atoms with Gasteiger partial charge in [0.1, 0.15) is 6.07 Å². The molecule has 1 aromatic carbocycles. The van der Waals surface area contributed by atoms with E-state index in [1.807, 2.05) is 6.07 Å². The van der Waals surface area contributed by atoms with Crippen LogP contribution in [0.2, 0.25) is 0 Å². The Morgan fingerprint density at radius 2 is 1.97 bits per heavy atom. The van der Waals surface area contributed by atoms with E-state index in [-0.39, 0.29) is 41.4 Å². The molecule has 0 bridgehead atoms. The highest BCUT2D eigenvalue weighted by Crippen LogP contribution is 2.21. The van der Waals surface area contributed by atoms with Gasteiger partial charge in [-0.15, -0.1) is 0 Å². The van der Waals surface area contributed by atoms with Gasteiger partial charge in [-0.25, -0.2) is 4.68 Å². The minimum Gasteiger partial charge on any atom is -0.325 e. The monoisotopic (exact) mass is 404 g/mol. The van der Waals surface area contributed by atoms with Gasteiger partial charge in [-0.3, -0.25) is 24.7 Å². The highest BCUT2D eigenvalue weighted by molar-refractivity contribution is 5.92. The zero-order chi connectivity index (χ0) is 21.5. The first-order valence-corrected chi connectivity index (χ1v) is 8.95. The van der Waals surface area contributed by atoms with E-state index >= 15 is 0 Å². The molecule has 2 heterocycles. The summed E-state index contributed by atoms with van der Waals surface area (Å²) in [5, 5.41) is 26.8. The van der Waals surface area contributed by atoms with Crippen molar-refractivity contribution >= 4 is 17.3 Å². The van der Waals surface area contributed by atoms with Gasteiger partial charge in [0, 0.05) is 49.1 Å². The maximum atomic E-state index is 12.2. The number of rotatable bonds is 7. The van der Waals surface area contributed by atoms with Crippen molar-refractivity contribution in [1.29, 1.82) is 5.26 Å². The summed E-state index contributed by atoms with van der Waals surface area (Å²) in [6.07, 6.45) is 3.68. The van der Waals surface area contributed by atoms with Gasteiger partial charge in [0.05, 0.1) is 21.9 Å². The molecule has 10 nitrogen and oxygen atoms in total. The second-order valence-corrected chi connectivity index (χ2v) is 6.27. The van der Waals surface area contributed by atoms with Crippen LogP contribution in [0.1, 0.15) is 18.4 Å². The lowest BCUT2D eigenvalue weighted by atomic mass is 10.1. The third-order valence-electron chi connectivity index (χ3n) is 4.22. The third-order valence-corrected chi connectivity index (χ3v) is 4.22. The molecule has 30 heavy (non-hydrogen) atoms. The van der Waals surface area contributed by atoms with Crippen LogP contribution in [-0.2, 0) is 11.3 Å². The number of benzene rings is 1. The van der Waals surface area contributed by atoms with Crippen molar-refractivity contribution in [1.82, 2.24) is 14.8 Å². The summed E-state index contributed by atoms with van der Waals surface area (Å²) in [4.78, 5) is 38.4. The molecule has 0 aliphatic heterocycles. The molecule has 0 fully saturated rings. The van der Waals surface area contributed by atoms with Gasteiger partial charge in [0.2, 0.25) is 5.91 Å². The van der Waals surface area contributed by atoms with Gasteiger partial charge in [-0.1, -0.05) is 0 Å². The first-order chi connectivity index (χ1) is 14.5. The number of carbonyl (C=O) groups excluding carboxylic acids is 1. The maximum absolute atomic E-state index is 12.2. The van der Waals surface area contributed by atoms with Gasteiger partial charge in [-0.05, 0) is 30.7 Å². The molecule has 10 heteroatoms. The molecule has 0 aliphatic carbocycles. The topological polar surface area (TPSA) is 144 Å². The number of pyridine rings is 1. The van der Waals surface area contributed by atoms with Gasteiger partial charge < -0.3 is 5.32 Å². The first-order valence-electron chi connectivity index (χ1n) is 8.95. The molecule has 0 unspecified atom stereocenters. The summed E-state index contributed by atoms with van der Waals surface area (Å²) in [5.41, 5.74) is 1.12. The number of aromatic nitrogens is 3. The Kier molecular flexibility index (Phi) is 6.24. The van der Waals surface area contributed by atoms with Crippen LogP contribution in [0.3, 0.4) is 0 Å². The fourth-order valence-electron chi connectivity index (χ4n) is 2.74. The van der Waals surface area contributed by atoms with Crippen molar-refractivity contribution in [3.63, 3.8) is 0 Å². The normalized spacial score (nSPS) is 10.2. The number of anilines is 1. The molecule has 1 N–H and O–H groups in total.